The molecule has 1 heterocycles. The average molecular weight is 368 g/mol. The van der Waals surface area contributed by atoms with Crippen molar-refractivity contribution >= 4 is 28.4 Å². The predicted octanol–water partition coefficient (Wildman–Crippen LogP) is 0.00860. The minimum absolute atomic E-state index is 0.127. The Bertz CT molecular complexity index is 837. The summed E-state index contributed by atoms with van der Waals surface area (Å²) in [6.07, 6.45) is 0. The summed E-state index contributed by atoms with van der Waals surface area (Å²) in [5.41, 5.74) is 24.4. The van der Waals surface area contributed by atoms with Crippen LogP contribution < -0.4 is 27.8 Å². The Kier molecular flexibility index (Phi) is 5.97. The molecule has 0 atom stereocenters. The van der Waals surface area contributed by atoms with Gasteiger partial charge in [0.2, 0.25) is 0 Å². The summed E-state index contributed by atoms with van der Waals surface area (Å²) in [6.45, 7) is 5.43. The zero-order chi connectivity index (χ0) is 19.2. The molecule has 8 nitrogen and oxygen atoms in total. The predicted molar refractivity (Wildman–Crippen MR) is 113 cm³/mol. The highest BCUT2D eigenvalue weighted by Crippen LogP contribution is 2.30. The Hall–Kier alpha value is -3.00. The molecule has 0 unspecified atom stereocenters. The number of fused-ring (bicyclic) bond motifs is 2. The maximum absolute atomic E-state index is 5.48. The molecule has 144 valence electrons. The van der Waals surface area contributed by atoms with Crippen molar-refractivity contribution in [1.29, 1.82) is 0 Å². The number of rotatable bonds is 6. The van der Waals surface area contributed by atoms with Crippen molar-refractivity contribution in [2.24, 2.45) is 32.9 Å². The van der Waals surface area contributed by atoms with Crippen LogP contribution in [0.1, 0.15) is 5.56 Å². The van der Waals surface area contributed by atoms with Crippen molar-refractivity contribution in [2.45, 2.75) is 6.54 Å². The molecule has 0 fully saturated rings. The first-order chi connectivity index (χ1) is 13.0. The van der Waals surface area contributed by atoms with E-state index in [4.69, 9.17) is 22.9 Å². The molecule has 0 aromatic heterocycles. The molecule has 27 heavy (non-hydrogen) atoms. The van der Waals surface area contributed by atoms with Crippen molar-refractivity contribution in [3.63, 3.8) is 0 Å². The summed E-state index contributed by atoms with van der Waals surface area (Å²) in [6, 6.07) is 13.0. The molecule has 1 aliphatic heterocycles. The average Bonchev–Trinajstić information content (AvgIpc) is 2.78. The molecule has 2 aromatic rings. The van der Waals surface area contributed by atoms with Crippen molar-refractivity contribution in [3.8, 4) is 0 Å². The molecule has 0 saturated carbocycles. The zero-order valence-electron chi connectivity index (χ0n) is 15.5. The molecule has 0 bridgehead atoms. The molecule has 1 aliphatic rings. The topological polar surface area (TPSA) is 135 Å². The van der Waals surface area contributed by atoms with E-state index in [9.17, 15) is 0 Å². The van der Waals surface area contributed by atoms with Gasteiger partial charge in [-0.3, -0.25) is 14.9 Å². The van der Waals surface area contributed by atoms with Gasteiger partial charge in [-0.25, -0.2) is 0 Å². The van der Waals surface area contributed by atoms with E-state index in [2.05, 4.69) is 56.2 Å². The number of nitrogens with zero attached hydrogens (tertiary/aromatic N) is 4. The number of anilines is 1. The van der Waals surface area contributed by atoms with E-state index in [1.165, 1.54) is 22.0 Å². The maximum atomic E-state index is 5.48. The van der Waals surface area contributed by atoms with Gasteiger partial charge in [0, 0.05) is 38.4 Å². The summed E-state index contributed by atoms with van der Waals surface area (Å²) >= 11 is 0. The summed E-state index contributed by atoms with van der Waals surface area (Å²) < 4.78 is 0. The highest BCUT2D eigenvalue weighted by Gasteiger charge is 2.20. The van der Waals surface area contributed by atoms with Gasteiger partial charge >= 0.3 is 0 Å². The Morgan fingerprint density at radius 3 is 2.15 bits per heavy atom. The minimum atomic E-state index is 0.127. The number of nitrogens with two attached hydrogens (primary N) is 4. The summed E-state index contributed by atoms with van der Waals surface area (Å²) in [4.78, 5) is 13.0. The lowest BCUT2D eigenvalue weighted by atomic mass is 10.0. The van der Waals surface area contributed by atoms with Crippen LogP contribution in [0.3, 0.4) is 0 Å². The largest absolute Gasteiger partial charge is 0.370 e. The molecule has 8 N–H and O–H groups in total. The third kappa shape index (κ3) is 5.01. The van der Waals surface area contributed by atoms with E-state index in [1.54, 1.807) is 0 Å². The molecule has 0 spiro atoms. The number of hydrogen-bond donors (Lipinski definition) is 4. The van der Waals surface area contributed by atoms with Crippen LogP contribution in [-0.4, -0.2) is 56.1 Å². The van der Waals surface area contributed by atoms with Crippen LogP contribution in [0.5, 0.6) is 0 Å². The summed E-state index contributed by atoms with van der Waals surface area (Å²) in [5.74, 6) is 0.262. The standard InChI is InChI=1S/C19H28N8/c20-18(21)24-5-7-26-9-10-27(8-6-25-19(22)23)17-12-15-4-2-1-3-14(15)11-16(17)13-26/h1-4,11-12H,5-10,13H2,(H4,20,21,24)(H4,22,23,25). The Morgan fingerprint density at radius 1 is 0.852 bits per heavy atom. The number of benzene rings is 2. The number of guanidine groups is 2. The lowest BCUT2D eigenvalue weighted by molar-refractivity contribution is 0.285. The van der Waals surface area contributed by atoms with E-state index in [1.807, 2.05) is 0 Å². The van der Waals surface area contributed by atoms with Crippen LogP contribution >= 0.6 is 0 Å². The van der Waals surface area contributed by atoms with Gasteiger partial charge in [-0.1, -0.05) is 24.3 Å². The normalized spacial score (nSPS) is 14.4. The van der Waals surface area contributed by atoms with Crippen LogP contribution in [0.2, 0.25) is 0 Å². The number of hydrogen-bond acceptors (Lipinski definition) is 4. The molecule has 3 rings (SSSR count). The van der Waals surface area contributed by atoms with Crippen LogP contribution in [-0.2, 0) is 6.54 Å². The molecule has 0 radical (unpaired) electrons. The lowest BCUT2D eigenvalue weighted by Crippen LogP contribution is -2.35. The second kappa shape index (κ2) is 8.59. The van der Waals surface area contributed by atoms with Gasteiger partial charge in [0.15, 0.2) is 11.9 Å². The Morgan fingerprint density at radius 2 is 1.48 bits per heavy atom. The van der Waals surface area contributed by atoms with Crippen LogP contribution in [0, 0.1) is 0 Å². The van der Waals surface area contributed by atoms with Crippen LogP contribution in [0.25, 0.3) is 10.8 Å². The third-order valence-electron chi connectivity index (χ3n) is 4.74. The summed E-state index contributed by atoms with van der Waals surface area (Å²) in [7, 11) is 0. The fourth-order valence-corrected chi connectivity index (χ4v) is 3.44. The molecule has 2 aromatic carbocycles. The Balaban J connectivity index is 1.87. The van der Waals surface area contributed by atoms with Crippen molar-refractivity contribution in [2.75, 3.05) is 44.2 Å². The van der Waals surface area contributed by atoms with Gasteiger partial charge < -0.3 is 27.8 Å². The van der Waals surface area contributed by atoms with Crippen LogP contribution in [0.15, 0.2) is 46.4 Å². The highest BCUT2D eigenvalue weighted by molar-refractivity contribution is 5.87. The van der Waals surface area contributed by atoms with Gasteiger partial charge in [-0.2, -0.15) is 0 Å². The molecular formula is C19H28N8. The van der Waals surface area contributed by atoms with Gasteiger partial charge in [0.05, 0.1) is 13.1 Å². The second-order valence-electron chi connectivity index (χ2n) is 6.70. The third-order valence-corrected chi connectivity index (χ3v) is 4.74. The zero-order valence-corrected chi connectivity index (χ0v) is 15.5. The molecule has 0 aliphatic carbocycles. The van der Waals surface area contributed by atoms with Crippen molar-refractivity contribution in [3.05, 3.63) is 42.0 Å². The minimum Gasteiger partial charge on any atom is -0.370 e. The molecule has 0 amide bonds. The van der Waals surface area contributed by atoms with Crippen molar-refractivity contribution < 1.29 is 0 Å². The fourth-order valence-electron chi connectivity index (χ4n) is 3.44. The molecular weight excluding hydrogens is 340 g/mol. The number of aliphatic imine (C=N–C) groups is 2. The maximum Gasteiger partial charge on any atom is 0.185 e. The van der Waals surface area contributed by atoms with Gasteiger partial charge in [0.1, 0.15) is 0 Å². The van der Waals surface area contributed by atoms with E-state index in [0.29, 0.717) is 13.1 Å². The van der Waals surface area contributed by atoms with E-state index >= 15 is 0 Å². The Labute approximate surface area is 159 Å². The quantitative estimate of drug-likeness (QED) is 0.419. The first-order valence-electron chi connectivity index (χ1n) is 9.12. The van der Waals surface area contributed by atoms with Gasteiger partial charge in [-0.15, -0.1) is 0 Å². The van der Waals surface area contributed by atoms with Crippen LogP contribution in [0.4, 0.5) is 5.69 Å². The van der Waals surface area contributed by atoms with E-state index in [-0.39, 0.29) is 11.9 Å². The first kappa shape index (κ1) is 18.8. The lowest BCUT2D eigenvalue weighted by Gasteiger charge is -2.24. The monoisotopic (exact) mass is 368 g/mol. The second-order valence-corrected chi connectivity index (χ2v) is 6.70. The van der Waals surface area contributed by atoms with E-state index in [0.717, 1.165) is 32.7 Å². The summed E-state index contributed by atoms with van der Waals surface area (Å²) in [5, 5.41) is 2.48. The van der Waals surface area contributed by atoms with Crippen molar-refractivity contribution in [1.82, 2.24) is 4.90 Å². The van der Waals surface area contributed by atoms with E-state index < -0.39 is 0 Å². The van der Waals surface area contributed by atoms with Gasteiger partial charge in [-0.05, 0) is 28.5 Å². The molecule has 0 saturated heterocycles. The highest BCUT2D eigenvalue weighted by atomic mass is 15.2. The smallest absolute Gasteiger partial charge is 0.185 e. The fraction of sp³-hybridized carbons (Fsp3) is 0.368. The van der Waals surface area contributed by atoms with Gasteiger partial charge in [0.25, 0.3) is 0 Å². The first-order valence-corrected chi connectivity index (χ1v) is 9.12. The SMILES string of the molecule is NC(N)=NCCN1CCN(CCN=C(N)N)c2cc3ccccc3cc2C1. The molecule has 8 heteroatoms.